The molecule has 0 amide bonds. The summed E-state index contributed by atoms with van der Waals surface area (Å²) >= 11 is 0. The molecule has 4 nitrogen and oxygen atoms in total. The van der Waals surface area contributed by atoms with E-state index < -0.39 is 5.97 Å². The molecule has 0 aliphatic carbocycles. The molecule has 1 aliphatic rings. The first kappa shape index (κ1) is 15.5. The molecule has 0 bridgehead atoms. The quantitative estimate of drug-likeness (QED) is 0.848. The number of hydrogen-bond donors (Lipinski definition) is 1. The van der Waals surface area contributed by atoms with Crippen LogP contribution in [0.15, 0.2) is 24.3 Å². The van der Waals surface area contributed by atoms with Gasteiger partial charge in [-0.2, -0.15) is 0 Å². The fraction of sp³-hybridized carbons (Fsp3) is 0.438. The Morgan fingerprint density at radius 1 is 1.48 bits per heavy atom. The lowest BCUT2D eigenvalue weighted by Gasteiger charge is -2.33. The van der Waals surface area contributed by atoms with Crippen LogP contribution < -0.4 is 4.90 Å². The second-order valence-corrected chi connectivity index (χ2v) is 5.27. The minimum Gasteiger partial charge on any atom is -0.478 e. The monoisotopic (exact) mass is 293 g/mol. The molecule has 1 aliphatic heterocycles. The molecule has 1 fully saturated rings. The molecule has 1 heterocycles. The van der Waals surface area contributed by atoms with Crippen molar-refractivity contribution >= 4 is 17.7 Å². The van der Waals surface area contributed by atoms with Crippen molar-refractivity contribution in [3.8, 4) is 0 Å². The van der Waals surface area contributed by atoms with E-state index in [0.29, 0.717) is 17.2 Å². The largest absolute Gasteiger partial charge is 0.478 e. The maximum absolute atomic E-state index is 14.2. The van der Waals surface area contributed by atoms with Gasteiger partial charge in [-0.25, -0.2) is 9.18 Å². The summed E-state index contributed by atoms with van der Waals surface area (Å²) in [6, 6.07) is 4.82. The number of nitrogens with zero attached hydrogens (tertiary/aromatic N) is 1. The van der Waals surface area contributed by atoms with Crippen LogP contribution in [0, 0.1) is 11.7 Å². The number of halogens is 1. The summed E-state index contributed by atoms with van der Waals surface area (Å²) in [4.78, 5) is 12.5. The highest BCUT2D eigenvalue weighted by Gasteiger charge is 2.21. The van der Waals surface area contributed by atoms with Crippen LogP contribution >= 0.6 is 0 Å². The average molecular weight is 293 g/mol. The first-order valence-electron chi connectivity index (χ1n) is 7.04. The molecule has 0 spiro atoms. The summed E-state index contributed by atoms with van der Waals surface area (Å²) < 4.78 is 19.3. The van der Waals surface area contributed by atoms with Crippen molar-refractivity contribution in [2.45, 2.75) is 12.8 Å². The molecule has 1 N–H and O–H groups in total. The molecule has 1 saturated heterocycles. The Balaban J connectivity index is 2.03. The van der Waals surface area contributed by atoms with Gasteiger partial charge in [0.05, 0.1) is 5.69 Å². The third kappa shape index (κ3) is 4.29. The maximum atomic E-state index is 14.2. The number of rotatable bonds is 5. The number of benzene rings is 1. The van der Waals surface area contributed by atoms with Crippen molar-refractivity contribution < 1.29 is 19.0 Å². The number of carboxylic acids is 1. The van der Waals surface area contributed by atoms with E-state index in [1.54, 1.807) is 19.2 Å². The highest BCUT2D eigenvalue weighted by Crippen LogP contribution is 2.26. The molecule has 0 radical (unpaired) electrons. The second-order valence-electron chi connectivity index (χ2n) is 5.27. The molecule has 0 aromatic heterocycles. The van der Waals surface area contributed by atoms with Gasteiger partial charge in [0.2, 0.25) is 0 Å². The number of anilines is 1. The molecule has 1 aromatic rings. The van der Waals surface area contributed by atoms with Crippen LogP contribution in [0.4, 0.5) is 10.1 Å². The van der Waals surface area contributed by atoms with Gasteiger partial charge >= 0.3 is 5.97 Å². The van der Waals surface area contributed by atoms with E-state index >= 15 is 0 Å². The van der Waals surface area contributed by atoms with E-state index in [1.807, 2.05) is 4.90 Å². The zero-order valence-electron chi connectivity index (χ0n) is 12.1. The Kier molecular flexibility index (Phi) is 5.33. The van der Waals surface area contributed by atoms with E-state index in [-0.39, 0.29) is 5.82 Å². The van der Waals surface area contributed by atoms with Gasteiger partial charge in [0.1, 0.15) is 5.82 Å². The minimum absolute atomic E-state index is 0.312. The Bertz CT molecular complexity index is 522. The number of ether oxygens (including phenoxy) is 1. The fourth-order valence-electron chi connectivity index (χ4n) is 2.63. The van der Waals surface area contributed by atoms with Crippen LogP contribution in [-0.4, -0.2) is 37.9 Å². The number of hydrogen-bond acceptors (Lipinski definition) is 3. The van der Waals surface area contributed by atoms with Crippen LogP contribution in [0.25, 0.3) is 6.08 Å². The maximum Gasteiger partial charge on any atom is 0.328 e. The van der Waals surface area contributed by atoms with Gasteiger partial charge in [0.15, 0.2) is 0 Å². The van der Waals surface area contributed by atoms with Crippen molar-refractivity contribution in [3.05, 3.63) is 35.7 Å². The lowest BCUT2D eigenvalue weighted by atomic mass is 9.97. The van der Waals surface area contributed by atoms with Crippen LogP contribution in [0.1, 0.15) is 18.4 Å². The highest BCUT2D eigenvalue weighted by molar-refractivity contribution is 5.85. The first-order chi connectivity index (χ1) is 10.1. The lowest BCUT2D eigenvalue weighted by Crippen LogP contribution is -2.35. The molecule has 0 atom stereocenters. The summed E-state index contributed by atoms with van der Waals surface area (Å²) in [5.41, 5.74) is 1.13. The van der Waals surface area contributed by atoms with E-state index in [1.165, 1.54) is 12.1 Å². The molecular weight excluding hydrogens is 273 g/mol. The van der Waals surface area contributed by atoms with E-state index in [9.17, 15) is 9.18 Å². The summed E-state index contributed by atoms with van der Waals surface area (Å²) in [6.07, 6.45) is 4.38. The third-order valence-corrected chi connectivity index (χ3v) is 3.75. The second kappa shape index (κ2) is 7.22. The molecule has 5 heteroatoms. The minimum atomic E-state index is -1.04. The Labute approximate surface area is 123 Å². The summed E-state index contributed by atoms with van der Waals surface area (Å²) in [5.74, 6) is -0.806. The van der Waals surface area contributed by atoms with Gasteiger partial charge in [-0.3, -0.25) is 0 Å². The Hall–Kier alpha value is -1.88. The van der Waals surface area contributed by atoms with Crippen LogP contribution in [-0.2, 0) is 9.53 Å². The predicted molar refractivity (Wildman–Crippen MR) is 79.9 cm³/mol. The SMILES string of the molecule is COCC1CCN(c2ccc(C=CC(=O)O)cc2F)CC1. The topological polar surface area (TPSA) is 49.8 Å². The summed E-state index contributed by atoms with van der Waals surface area (Å²) in [6.45, 7) is 2.39. The zero-order chi connectivity index (χ0) is 15.2. The Morgan fingerprint density at radius 2 is 2.19 bits per heavy atom. The highest BCUT2D eigenvalue weighted by atomic mass is 19.1. The number of methoxy groups -OCH3 is 1. The third-order valence-electron chi connectivity index (χ3n) is 3.75. The molecule has 21 heavy (non-hydrogen) atoms. The van der Waals surface area contributed by atoms with Crippen molar-refractivity contribution in [2.24, 2.45) is 5.92 Å². The van der Waals surface area contributed by atoms with Gasteiger partial charge in [0, 0.05) is 32.9 Å². The van der Waals surface area contributed by atoms with Gasteiger partial charge in [-0.15, -0.1) is 0 Å². The molecular formula is C16H20FNO3. The number of carbonyl (C=O) groups is 1. The Morgan fingerprint density at radius 3 is 2.76 bits per heavy atom. The number of piperidine rings is 1. The van der Waals surface area contributed by atoms with Gasteiger partial charge in [0.25, 0.3) is 0 Å². The van der Waals surface area contributed by atoms with Crippen LogP contribution in [0.5, 0.6) is 0 Å². The first-order valence-corrected chi connectivity index (χ1v) is 7.04. The predicted octanol–water partition coefficient (Wildman–Crippen LogP) is 2.79. The van der Waals surface area contributed by atoms with Crippen molar-refractivity contribution in [1.29, 1.82) is 0 Å². The van der Waals surface area contributed by atoms with E-state index in [0.717, 1.165) is 38.6 Å². The van der Waals surface area contributed by atoms with Crippen molar-refractivity contribution in [1.82, 2.24) is 0 Å². The van der Waals surface area contributed by atoms with Crippen molar-refractivity contribution in [3.63, 3.8) is 0 Å². The standard InChI is InChI=1S/C16H20FNO3/c1-21-11-13-6-8-18(9-7-13)15-4-2-12(10-14(15)17)3-5-16(19)20/h2-5,10,13H,6-9,11H2,1H3,(H,19,20). The number of aliphatic carboxylic acids is 1. The molecule has 1 aromatic carbocycles. The van der Waals surface area contributed by atoms with Crippen molar-refractivity contribution in [2.75, 3.05) is 31.7 Å². The fourth-order valence-corrected chi connectivity index (χ4v) is 2.63. The van der Waals surface area contributed by atoms with Gasteiger partial charge < -0.3 is 14.7 Å². The smallest absolute Gasteiger partial charge is 0.328 e. The normalized spacial score (nSPS) is 16.6. The molecule has 114 valence electrons. The molecule has 2 rings (SSSR count). The van der Waals surface area contributed by atoms with Gasteiger partial charge in [-0.05, 0) is 42.5 Å². The number of carboxylic acid groups (broad SMARTS) is 1. The lowest BCUT2D eigenvalue weighted by molar-refractivity contribution is -0.131. The van der Waals surface area contributed by atoms with Gasteiger partial charge in [-0.1, -0.05) is 6.07 Å². The summed E-state index contributed by atoms with van der Waals surface area (Å²) in [5, 5.41) is 8.57. The van der Waals surface area contributed by atoms with Crippen LogP contribution in [0.2, 0.25) is 0 Å². The zero-order valence-corrected chi connectivity index (χ0v) is 12.1. The van der Waals surface area contributed by atoms with E-state index in [4.69, 9.17) is 9.84 Å². The van der Waals surface area contributed by atoms with E-state index in [2.05, 4.69) is 0 Å². The summed E-state index contributed by atoms with van der Waals surface area (Å²) in [7, 11) is 1.70. The molecule has 0 unspecified atom stereocenters. The average Bonchev–Trinajstić information content (AvgIpc) is 2.47. The molecule has 0 saturated carbocycles. The van der Waals surface area contributed by atoms with Crippen LogP contribution in [0.3, 0.4) is 0 Å².